The van der Waals surface area contributed by atoms with Crippen molar-refractivity contribution < 1.29 is 4.79 Å². The lowest BCUT2D eigenvalue weighted by molar-refractivity contribution is 0.102. The number of nitrogen functional groups attached to an aromatic ring is 1. The molecule has 0 saturated carbocycles. The lowest BCUT2D eigenvalue weighted by Gasteiger charge is -2.26. The zero-order chi connectivity index (χ0) is 23.8. The van der Waals surface area contributed by atoms with Crippen LogP contribution in [-0.2, 0) is 6.54 Å². The third-order valence-electron chi connectivity index (χ3n) is 6.08. The molecule has 0 unspecified atom stereocenters. The SMILES string of the molecule is N#Cc1cc(CNCCN2CCCCC2)cnc1-c1ccc(C(=O)Nc2ccccc2N)cc1. The highest BCUT2D eigenvalue weighted by Gasteiger charge is 2.12. The van der Waals surface area contributed by atoms with Crippen molar-refractivity contribution in [1.82, 2.24) is 15.2 Å². The second-order valence-corrected chi connectivity index (χ2v) is 8.55. The first-order valence-corrected chi connectivity index (χ1v) is 11.7. The molecule has 0 atom stereocenters. The third kappa shape index (κ3) is 5.98. The molecule has 174 valence electrons. The van der Waals surface area contributed by atoms with Crippen molar-refractivity contribution in [2.24, 2.45) is 0 Å². The van der Waals surface area contributed by atoms with Gasteiger partial charge in [0.2, 0.25) is 0 Å². The number of nitrogens with zero attached hydrogens (tertiary/aromatic N) is 3. The van der Waals surface area contributed by atoms with E-state index < -0.39 is 0 Å². The van der Waals surface area contributed by atoms with Crippen molar-refractivity contribution in [2.45, 2.75) is 25.8 Å². The molecule has 3 aromatic rings. The predicted molar refractivity (Wildman–Crippen MR) is 135 cm³/mol. The molecule has 4 rings (SSSR count). The molecule has 0 radical (unpaired) electrons. The van der Waals surface area contributed by atoms with Gasteiger partial charge in [-0.15, -0.1) is 0 Å². The van der Waals surface area contributed by atoms with Crippen LogP contribution in [0.1, 0.15) is 40.7 Å². The van der Waals surface area contributed by atoms with E-state index in [0.717, 1.165) is 24.2 Å². The van der Waals surface area contributed by atoms with Crippen LogP contribution in [0.4, 0.5) is 11.4 Å². The van der Waals surface area contributed by atoms with Gasteiger partial charge in [-0.05, 0) is 61.8 Å². The zero-order valence-corrected chi connectivity index (χ0v) is 19.3. The molecule has 1 aromatic heterocycles. The molecule has 7 heteroatoms. The standard InChI is InChI=1S/C27H30N6O/c28-17-23-16-20(18-30-12-15-33-13-4-1-5-14-33)19-31-26(23)21-8-10-22(11-9-21)27(34)32-25-7-3-2-6-24(25)29/h2-3,6-11,16,19,30H,1,4-5,12-15,18,29H2,(H,32,34). The maximum absolute atomic E-state index is 12.6. The van der Waals surface area contributed by atoms with Gasteiger partial charge in [0, 0.05) is 37.0 Å². The van der Waals surface area contributed by atoms with Gasteiger partial charge in [-0.3, -0.25) is 9.78 Å². The number of nitrogens with two attached hydrogens (primary N) is 1. The number of rotatable bonds is 8. The molecule has 0 aliphatic carbocycles. The minimum Gasteiger partial charge on any atom is -0.397 e. The fraction of sp³-hybridized carbons (Fsp3) is 0.296. The van der Waals surface area contributed by atoms with Crippen molar-refractivity contribution >= 4 is 17.3 Å². The van der Waals surface area contributed by atoms with Crippen LogP contribution in [0, 0.1) is 11.3 Å². The minimum absolute atomic E-state index is 0.246. The molecule has 1 aliphatic heterocycles. The molecule has 2 aromatic carbocycles. The molecule has 34 heavy (non-hydrogen) atoms. The van der Waals surface area contributed by atoms with Crippen LogP contribution >= 0.6 is 0 Å². The lowest BCUT2D eigenvalue weighted by atomic mass is 10.0. The fourth-order valence-corrected chi connectivity index (χ4v) is 4.16. The average molecular weight is 455 g/mol. The van der Waals surface area contributed by atoms with Crippen molar-refractivity contribution in [3.05, 3.63) is 77.5 Å². The van der Waals surface area contributed by atoms with Gasteiger partial charge < -0.3 is 21.3 Å². The Balaban J connectivity index is 1.37. The van der Waals surface area contributed by atoms with Gasteiger partial charge in [-0.1, -0.05) is 30.7 Å². The quantitative estimate of drug-likeness (QED) is 0.350. The number of carbonyl (C=O) groups excluding carboxylic acids is 1. The molecular formula is C27H30N6O. The van der Waals surface area contributed by atoms with Gasteiger partial charge in [0.1, 0.15) is 6.07 Å². The fourth-order valence-electron chi connectivity index (χ4n) is 4.16. The second-order valence-electron chi connectivity index (χ2n) is 8.55. The van der Waals surface area contributed by atoms with E-state index in [4.69, 9.17) is 5.73 Å². The summed E-state index contributed by atoms with van der Waals surface area (Å²) in [5.74, 6) is -0.246. The number of pyridine rings is 1. The van der Waals surface area contributed by atoms with E-state index in [1.165, 1.54) is 32.4 Å². The largest absolute Gasteiger partial charge is 0.397 e. The summed E-state index contributed by atoms with van der Waals surface area (Å²) in [6, 6.07) is 18.3. The molecule has 1 fully saturated rings. The highest BCUT2D eigenvalue weighted by molar-refractivity contribution is 6.05. The van der Waals surface area contributed by atoms with Crippen LogP contribution in [0.3, 0.4) is 0 Å². The number of benzene rings is 2. The normalized spacial score (nSPS) is 13.9. The number of nitriles is 1. The summed E-state index contributed by atoms with van der Waals surface area (Å²) >= 11 is 0. The van der Waals surface area contributed by atoms with Crippen LogP contribution < -0.4 is 16.4 Å². The van der Waals surface area contributed by atoms with E-state index in [-0.39, 0.29) is 5.91 Å². The van der Waals surface area contributed by atoms with Crippen LogP contribution in [0.25, 0.3) is 11.3 Å². The van der Waals surface area contributed by atoms with E-state index in [1.807, 2.05) is 36.5 Å². The summed E-state index contributed by atoms with van der Waals surface area (Å²) in [7, 11) is 0. The van der Waals surface area contributed by atoms with Crippen molar-refractivity contribution in [2.75, 3.05) is 37.2 Å². The van der Waals surface area contributed by atoms with Gasteiger partial charge >= 0.3 is 0 Å². The first kappa shape index (κ1) is 23.4. The monoisotopic (exact) mass is 454 g/mol. The maximum Gasteiger partial charge on any atom is 0.255 e. The Morgan fingerprint density at radius 3 is 2.59 bits per heavy atom. The van der Waals surface area contributed by atoms with E-state index >= 15 is 0 Å². The van der Waals surface area contributed by atoms with Gasteiger partial charge in [0.25, 0.3) is 5.91 Å². The van der Waals surface area contributed by atoms with Gasteiger partial charge in [-0.25, -0.2) is 0 Å². The Hall–Kier alpha value is -3.73. The Morgan fingerprint density at radius 2 is 1.85 bits per heavy atom. The number of likely N-dealkylation sites (tertiary alicyclic amines) is 1. The van der Waals surface area contributed by atoms with E-state index in [2.05, 4.69) is 26.6 Å². The first-order chi connectivity index (χ1) is 16.6. The van der Waals surface area contributed by atoms with Gasteiger partial charge in [-0.2, -0.15) is 5.26 Å². The number of amides is 1. The first-order valence-electron chi connectivity index (χ1n) is 11.7. The minimum atomic E-state index is -0.246. The molecule has 1 saturated heterocycles. The molecule has 1 aliphatic rings. The molecule has 1 amide bonds. The van der Waals surface area contributed by atoms with Crippen LogP contribution in [0.5, 0.6) is 0 Å². The summed E-state index contributed by atoms with van der Waals surface area (Å²) in [6.45, 7) is 5.03. The number of aromatic nitrogens is 1. The number of piperidine rings is 1. The summed E-state index contributed by atoms with van der Waals surface area (Å²) in [5.41, 5.74) is 10.4. The molecule has 4 N–H and O–H groups in total. The number of nitrogens with one attached hydrogen (secondary N) is 2. The van der Waals surface area contributed by atoms with E-state index in [9.17, 15) is 10.1 Å². The summed E-state index contributed by atoms with van der Waals surface area (Å²) in [4.78, 5) is 19.6. The summed E-state index contributed by atoms with van der Waals surface area (Å²) in [5, 5.41) is 16.0. The van der Waals surface area contributed by atoms with Crippen molar-refractivity contribution in [3.8, 4) is 17.3 Å². The lowest BCUT2D eigenvalue weighted by Crippen LogP contribution is -2.35. The van der Waals surface area contributed by atoms with Crippen molar-refractivity contribution in [3.63, 3.8) is 0 Å². The second kappa shape index (κ2) is 11.4. The molecular weight excluding hydrogens is 424 g/mol. The number of hydrogen-bond acceptors (Lipinski definition) is 6. The number of anilines is 2. The zero-order valence-electron chi connectivity index (χ0n) is 19.3. The topological polar surface area (TPSA) is 107 Å². The molecule has 2 heterocycles. The van der Waals surface area contributed by atoms with Crippen LogP contribution in [0.2, 0.25) is 0 Å². The predicted octanol–water partition coefficient (Wildman–Crippen LogP) is 4.03. The number of carbonyl (C=O) groups is 1. The van der Waals surface area contributed by atoms with Crippen molar-refractivity contribution in [1.29, 1.82) is 5.26 Å². The summed E-state index contributed by atoms with van der Waals surface area (Å²) in [6.07, 6.45) is 5.74. The smallest absolute Gasteiger partial charge is 0.255 e. The van der Waals surface area contributed by atoms with Crippen LogP contribution in [-0.4, -0.2) is 42.0 Å². The van der Waals surface area contributed by atoms with Crippen LogP contribution in [0.15, 0.2) is 60.8 Å². The number of para-hydroxylation sites is 2. The Kier molecular flexibility index (Phi) is 7.87. The van der Waals surface area contributed by atoms with Gasteiger partial charge in [0.05, 0.1) is 22.6 Å². The Labute approximate surface area is 200 Å². The molecule has 7 nitrogen and oxygen atoms in total. The molecule has 0 bridgehead atoms. The molecule has 0 spiro atoms. The maximum atomic E-state index is 12.6. The highest BCUT2D eigenvalue weighted by atomic mass is 16.1. The van der Waals surface area contributed by atoms with Gasteiger partial charge in [0.15, 0.2) is 0 Å². The van der Waals surface area contributed by atoms with E-state index in [1.54, 1.807) is 24.3 Å². The summed E-state index contributed by atoms with van der Waals surface area (Å²) < 4.78 is 0. The third-order valence-corrected chi connectivity index (χ3v) is 6.08. The Bertz CT molecular complexity index is 1160. The number of hydrogen-bond donors (Lipinski definition) is 3. The van der Waals surface area contributed by atoms with E-state index in [0.29, 0.717) is 34.7 Å². The average Bonchev–Trinajstić information content (AvgIpc) is 2.88. The highest BCUT2D eigenvalue weighted by Crippen LogP contribution is 2.23. The Morgan fingerprint density at radius 1 is 1.09 bits per heavy atom.